The molecule has 5 heterocycles. The van der Waals surface area contributed by atoms with Crippen LogP contribution in [0.4, 0.5) is 23.7 Å². The van der Waals surface area contributed by atoms with Crippen LogP contribution in [0.1, 0.15) is 21.5 Å². The van der Waals surface area contributed by atoms with E-state index in [9.17, 15) is 22.8 Å². The molecule has 6 rings (SSSR count). The number of morpholine rings is 2. The maximum Gasteiger partial charge on any atom is 0.416 e. The molecule has 4 aliphatic rings. The first-order valence-electron chi connectivity index (χ1n) is 13.7. The monoisotopic (exact) mass is 562 g/mol. The van der Waals surface area contributed by atoms with Gasteiger partial charge in [0.05, 0.1) is 43.8 Å². The molecule has 0 spiro atoms. The number of fused-ring (bicyclic) bond motifs is 1. The van der Waals surface area contributed by atoms with E-state index in [0.717, 1.165) is 0 Å². The van der Waals surface area contributed by atoms with Crippen molar-refractivity contribution in [1.29, 1.82) is 0 Å². The molecule has 13 heteroatoms. The van der Waals surface area contributed by atoms with Gasteiger partial charge in [-0.1, -0.05) is 6.07 Å². The largest absolute Gasteiger partial charge is 0.416 e. The van der Waals surface area contributed by atoms with E-state index in [1.54, 1.807) is 21.9 Å². The molecule has 2 atom stereocenters. The number of anilines is 1. The van der Waals surface area contributed by atoms with Gasteiger partial charge >= 0.3 is 12.2 Å². The fraction of sp³-hybridized carbons (Fsp3) is 0.593. The molecule has 2 unspecified atom stereocenters. The lowest BCUT2D eigenvalue weighted by Gasteiger charge is -2.30. The number of halogens is 3. The lowest BCUT2D eigenvalue weighted by Crippen LogP contribution is -2.40. The topological polar surface area (TPSA) is 83.4 Å². The van der Waals surface area contributed by atoms with E-state index < -0.39 is 11.7 Å². The van der Waals surface area contributed by atoms with Gasteiger partial charge in [0.1, 0.15) is 0 Å². The summed E-state index contributed by atoms with van der Waals surface area (Å²) in [6, 6.07) is 4.35. The Morgan fingerprint density at radius 2 is 1.55 bits per heavy atom. The molecule has 0 bridgehead atoms. The standard InChI is InChI=1S/C27H33F3N6O4/c28-27(29,30)24-11-23(33-3-7-39-8-4-33)2-1-19(24)13-32-14-21-16-35(17-22(21)15-32)26(38)36-18-20(12-31-36)25(37)34-5-9-40-10-6-34/h1-2,11-12,18,21-22H,3-10,13-17H2. The average Bonchev–Trinajstić information content (AvgIpc) is 3.69. The Morgan fingerprint density at radius 3 is 2.20 bits per heavy atom. The van der Waals surface area contributed by atoms with Crippen molar-refractivity contribution < 1.29 is 32.2 Å². The summed E-state index contributed by atoms with van der Waals surface area (Å²) in [4.78, 5) is 33.2. The number of likely N-dealkylation sites (tertiary alicyclic amines) is 2. The zero-order chi connectivity index (χ0) is 27.9. The van der Waals surface area contributed by atoms with Crippen LogP contribution in [-0.2, 0) is 22.2 Å². The average molecular weight is 563 g/mol. The zero-order valence-corrected chi connectivity index (χ0v) is 22.2. The minimum absolute atomic E-state index is 0.174. The second kappa shape index (κ2) is 11.0. The normalized spacial score (nSPS) is 24.0. The van der Waals surface area contributed by atoms with Gasteiger partial charge in [-0.25, -0.2) is 4.79 Å². The van der Waals surface area contributed by atoms with Gasteiger partial charge in [0.25, 0.3) is 5.91 Å². The molecule has 2 aromatic rings. The molecule has 40 heavy (non-hydrogen) atoms. The molecule has 2 amide bonds. The van der Waals surface area contributed by atoms with Gasteiger partial charge in [0.2, 0.25) is 0 Å². The van der Waals surface area contributed by atoms with Crippen molar-refractivity contribution in [1.82, 2.24) is 24.5 Å². The lowest BCUT2D eigenvalue weighted by molar-refractivity contribution is -0.138. The van der Waals surface area contributed by atoms with E-state index in [1.165, 1.54) is 23.1 Å². The molecule has 1 aromatic heterocycles. The summed E-state index contributed by atoms with van der Waals surface area (Å²) in [5.74, 6) is 0.180. The van der Waals surface area contributed by atoms with E-state index in [0.29, 0.717) is 90.0 Å². The third-order valence-corrected chi connectivity index (χ3v) is 8.33. The van der Waals surface area contributed by atoms with Gasteiger partial charge in [0.15, 0.2) is 0 Å². The summed E-state index contributed by atoms with van der Waals surface area (Å²) in [5, 5.41) is 4.13. The van der Waals surface area contributed by atoms with Crippen molar-refractivity contribution in [2.24, 2.45) is 11.8 Å². The fourth-order valence-electron chi connectivity index (χ4n) is 6.23. The van der Waals surface area contributed by atoms with Crippen LogP contribution in [0.3, 0.4) is 0 Å². The number of nitrogens with zero attached hydrogens (tertiary/aromatic N) is 6. The number of hydrogen-bond donors (Lipinski definition) is 0. The Morgan fingerprint density at radius 1 is 0.900 bits per heavy atom. The van der Waals surface area contributed by atoms with Gasteiger partial charge < -0.3 is 24.2 Å². The quantitative estimate of drug-likeness (QED) is 0.566. The molecule has 4 saturated heterocycles. The van der Waals surface area contributed by atoms with Crippen LogP contribution in [0.5, 0.6) is 0 Å². The molecule has 4 aliphatic heterocycles. The highest BCUT2D eigenvalue weighted by molar-refractivity contribution is 5.94. The summed E-state index contributed by atoms with van der Waals surface area (Å²) in [6.45, 7) is 6.63. The van der Waals surface area contributed by atoms with Gasteiger partial charge in [0, 0.05) is 70.8 Å². The minimum atomic E-state index is -4.44. The Bertz CT molecular complexity index is 1230. The fourth-order valence-corrected chi connectivity index (χ4v) is 6.23. The van der Waals surface area contributed by atoms with E-state index in [2.05, 4.69) is 10.00 Å². The predicted molar refractivity (Wildman–Crippen MR) is 138 cm³/mol. The number of carbonyl (C=O) groups excluding carboxylic acids is 2. The number of amides is 2. The molecule has 0 saturated carbocycles. The summed E-state index contributed by atoms with van der Waals surface area (Å²) >= 11 is 0. The third kappa shape index (κ3) is 5.54. The first-order chi connectivity index (χ1) is 19.3. The lowest BCUT2D eigenvalue weighted by atomic mass is 10.0. The number of rotatable bonds is 4. The Labute approximate surface area is 230 Å². The smallest absolute Gasteiger partial charge is 0.378 e. The molecule has 0 aliphatic carbocycles. The molecule has 0 N–H and O–H groups in total. The maximum absolute atomic E-state index is 14.0. The number of alkyl halides is 3. The van der Waals surface area contributed by atoms with Gasteiger partial charge in [-0.15, -0.1) is 0 Å². The van der Waals surface area contributed by atoms with E-state index in [1.807, 2.05) is 4.90 Å². The molecular formula is C27H33F3N6O4. The van der Waals surface area contributed by atoms with Crippen molar-refractivity contribution in [3.8, 4) is 0 Å². The summed E-state index contributed by atoms with van der Waals surface area (Å²) in [6.07, 6.45) is -1.56. The number of ether oxygens (including phenoxy) is 2. The second-order valence-corrected chi connectivity index (χ2v) is 10.9. The van der Waals surface area contributed by atoms with Crippen molar-refractivity contribution in [3.63, 3.8) is 0 Å². The molecular weight excluding hydrogens is 529 g/mol. The number of benzene rings is 1. The van der Waals surface area contributed by atoms with Crippen LogP contribution in [0.25, 0.3) is 0 Å². The van der Waals surface area contributed by atoms with Crippen molar-refractivity contribution in [3.05, 3.63) is 47.3 Å². The van der Waals surface area contributed by atoms with Crippen molar-refractivity contribution in [2.75, 3.05) is 83.7 Å². The number of carbonyl (C=O) groups is 2. The third-order valence-electron chi connectivity index (χ3n) is 8.33. The Kier molecular flexibility index (Phi) is 7.44. The van der Waals surface area contributed by atoms with Crippen LogP contribution in [0.2, 0.25) is 0 Å². The first kappa shape index (κ1) is 27.0. The summed E-state index contributed by atoms with van der Waals surface area (Å²) in [5.41, 5.74) is 0.610. The van der Waals surface area contributed by atoms with Crippen molar-refractivity contribution in [2.45, 2.75) is 12.7 Å². The highest BCUT2D eigenvalue weighted by atomic mass is 19.4. The second-order valence-electron chi connectivity index (χ2n) is 10.9. The molecule has 216 valence electrons. The van der Waals surface area contributed by atoms with Gasteiger partial charge in [-0.3, -0.25) is 9.69 Å². The SMILES string of the molecule is O=C(c1cnn(C(=O)N2CC3CN(Cc4ccc(N5CCOCC5)cc4C(F)(F)F)CC3C2)c1)N1CCOCC1. The first-order valence-corrected chi connectivity index (χ1v) is 13.7. The molecule has 1 aromatic carbocycles. The van der Waals surface area contributed by atoms with Crippen LogP contribution in [0, 0.1) is 11.8 Å². The highest BCUT2D eigenvalue weighted by Gasteiger charge is 2.43. The minimum Gasteiger partial charge on any atom is -0.378 e. The van der Waals surface area contributed by atoms with Crippen LogP contribution >= 0.6 is 0 Å². The molecule has 10 nitrogen and oxygen atoms in total. The Hall–Kier alpha value is -3.16. The zero-order valence-electron chi connectivity index (χ0n) is 22.2. The van der Waals surface area contributed by atoms with E-state index in [4.69, 9.17) is 9.47 Å². The van der Waals surface area contributed by atoms with Crippen molar-refractivity contribution >= 4 is 17.6 Å². The predicted octanol–water partition coefficient (Wildman–Crippen LogP) is 2.24. The van der Waals surface area contributed by atoms with Gasteiger partial charge in [-0.2, -0.15) is 23.0 Å². The van der Waals surface area contributed by atoms with E-state index in [-0.39, 0.29) is 35.9 Å². The Balaban J connectivity index is 1.07. The number of aromatic nitrogens is 2. The molecule has 4 fully saturated rings. The summed E-state index contributed by atoms with van der Waals surface area (Å²) in [7, 11) is 0. The number of hydrogen-bond acceptors (Lipinski definition) is 7. The van der Waals surface area contributed by atoms with Crippen LogP contribution in [-0.4, -0.2) is 115 Å². The summed E-state index contributed by atoms with van der Waals surface area (Å²) < 4.78 is 53.9. The highest BCUT2D eigenvalue weighted by Crippen LogP contribution is 2.37. The molecule has 0 radical (unpaired) electrons. The van der Waals surface area contributed by atoms with Crippen LogP contribution < -0.4 is 4.90 Å². The van der Waals surface area contributed by atoms with Gasteiger partial charge in [-0.05, 0) is 29.5 Å². The van der Waals surface area contributed by atoms with E-state index >= 15 is 0 Å². The van der Waals surface area contributed by atoms with Crippen LogP contribution in [0.15, 0.2) is 30.6 Å². The maximum atomic E-state index is 14.0.